The van der Waals surface area contributed by atoms with Crippen molar-refractivity contribution in [2.24, 2.45) is 0 Å². The summed E-state index contributed by atoms with van der Waals surface area (Å²) >= 11 is 10.5. The summed E-state index contributed by atoms with van der Waals surface area (Å²) in [5.74, 6) is 2.10. The van der Waals surface area contributed by atoms with E-state index in [0.29, 0.717) is 0 Å². The lowest BCUT2D eigenvalue weighted by atomic mass is 10.1. The summed E-state index contributed by atoms with van der Waals surface area (Å²) in [6.07, 6.45) is 9.68. The highest BCUT2D eigenvalue weighted by Gasteiger charge is 2.18. The Balaban J connectivity index is 1.69. The zero-order chi connectivity index (χ0) is 19.6. The highest BCUT2D eigenvalue weighted by atomic mass is 79.9. The second kappa shape index (κ2) is 12.4. The second-order valence-corrected chi connectivity index (χ2v) is 10.3. The lowest BCUT2D eigenvalue weighted by Crippen LogP contribution is -2.00. The van der Waals surface area contributed by atoms with Gasteiger partial charge in [-0.15, -0.1) is 22.7 Å². The van der Waals surface area contributed by atoms with Gasteiger partial charge in [-0.05, 0) is 48.6 Å². The first kappa shape index (κ1) is 22.4. The Labute approximate surface area is 192 Å². The van der Waals surface area contributed by atoms with Crippen LogP contribution in [-0.4, -0.2) is 23.9 Å². The molecule has 2 nitrogen and oxygen atoms in total. The topological polar surface area (TPSA) is 18.5 Å². The van der Waals surface area contributed by atoms with E-state index in [-0.39, 0.29) is 0 Å². The highest BCUT2D eigenvalue weighted by Crippen LogP contribution is 2.47. The number of unbranched alkanes of at least 4 members (excludes halogenated alkanes) is 6. The average molecular weight is 548 g/mol. The Morgan fingerprint density at radius 1 is 0.607 bits per heavy atom. The molecule has 3 aromatic rings. The number of hydrogen-bond donors (Lipinski definition) is 0. The van der Waals surface area contributed by atoms with E-state index < -0.39 is 0 Å². The van der Waals surface area contributed by atoms with Gasteiger partial charge >= 0.3 is 0 Å². The third kappa shape index (κ3) is 5.87. The SMILES string of the molecule is BrCCCCCCOc1c2ccsc2c(OCCCCCCBr)c2ccsc12. The molecule has 1 aromatic carbocycles. The molecule has 0 unspecified atom stereocenters. The summed E-state index contributed by atoms with van der Waals surface area (Å²) in [5, 5.41) is 8.90. The van der Waals surface area contributed by atoms with Crippen LogP contribution in [0.25, 0.3) is 20.2 Å². The second-order valence-electron chi connectivity index (χ2n) is 6.89. The molecule has 0 aliphatic carbocycles. The van der Waals surface area contributed by atoms with E-state index in [9.17, 15) is 0 Å². The largest absolute Gasteiger partial charge is 0.491 e. The molecule has 0 aliphatic rings. The Kier molecular flexibility index (Phi) is 9.92. The van der Waals surface area contributed by atoms with Gasteiger partial charge in [-0.25, -0.2) is 0 Å². The van der Waals surface area contributed by atoms with Crippen LogP contribution in [0.1, 0.15) is 51.4 Å². The third-order valence-electron chi connectivity index (χ3n) is 4.78. The maximum absolute atomic E-state index is 6.30. The zero-order valence-electron chi connectivity index (χ0n) is 16.2. The quantitative estimate of drug-likeness (QED) is 0.148. The van der Waals surface area contributed by atoms with Gasteiger partial charge in [0.2, 0.25) is 0 Å². The van der Waals surface area contributed by atoms with Crippen LogP contribution >= 0.6 is 54.5 Å². The molecular formula is C22H28Br2O2S2. The van der Waals surface area contributed by atoms with E-state index in [0.717, 1.165) is 48.2 Å². The van der Waals surface area contributed by atoms with E-state index >= 15 is 0 Å². The van der Waals surface area contributed by atoms with Crippen molar-refractivity contribution in [1.29, 1.82) is 0 Å². The Morgan fingerprint density at radius 3 is 1.46 bits per heavy atom. The monoisotopic (exact) mass is 546 g/mol. The Bertz CT molecular complexity index is 727. The smallest absolute Gasteiger partial charge is 0.146 e. The normalized spacial score (nSPS) is 11.5. The van der Waals surface area contributed by atoms with E-state index in [4.69, 9.17) is 9.47 Å². The van der Waals surface area contributed by atoms with Crippen molar-refractivity contribution < 1.29 is 9.47 Å². The number of benzene rings is 1. The maximum Gasteiger partial charge on any atom is 0.146 e. The van der Waals surface area contributed by atoms with Crippen LogP contribution in [-0.2, 0) is 0 Å². The van der Waals surface area contributed by atoms with Gasteiger partial charge in [0.15, 0.2) is 0 Å². The lowest BCUT2D eigenvalue weighted by molar-refractivity contribution is 0.308. The van der Waals surface area contributed by atoms with Crippen molar-refractivity contribution in [2.75, 3.05) is 23.9 Å². The molecule has 0 fully saturated rings. The van der Waals surface area contributed by atoms with Crippen molar-refractivity contribution in [3.8, 4) is 11.5 Å². The number of ether oxygens (including phenoxy) is 2. The minimum atomic E-state index is 0.786. The average Bonchev–Trinajstić information content (AvgIpc) is 3.38. The molecule has 2 aromatic heterocycles. The molecule has 0 radical (unpaired) electrons. The molecule has 2 heterocycles. The van der Waals surface area contributed by atoms with Gasteiger partial charge in [-0.2, -0.15) is 0 Å². The van der Waals surface area contributed by atoms with E-state index in [1.54, 1.807) is 22.7 Å². The Morgan fingerprint density at radius 2 is 1.04 bits per heavy atom. The first-order valence-electron chi connectivity index (χ1n) is 10.1. The Hall–Kier alpha value is -0.300. The van der Waals surface area contributed by atoms with Gasteiger partial charge in [0.1, 0.15) is 11.5 Å². The fraction of sp³-hybridized carbons (Fsp3) is 0.545. The highest BCUT2D eigenvalue weighted by molar-refractivity contribution is 9.09. The molecule has 0 saturated carbocycles. The van der Waals surface area contributed by atoms with Gasteiger partial charge in [0.05, 0.1) is 22.6 Å². The van der Waals surface area contributed by atoms with Gasteiger partial charge in [0.25, 0.3) is 0 Å². The standard InChI is InChI=1S/C22H28Br2O2S2/c23-11-5-1-3-7-13-25-19-17-9-15-28-22(17)20(18-10-16-27-21(18)19)26-14-8-4-2-6-12-24/h9-10,15-16H,1-8,11-14H2. The molecule has 0 spiro atoms. The zero-order valence-corrected chi connectivity index (χ0v) is 21.0. The number of hydrogen-bond acceptors (Lipinski definition) is 4. The van der Waals surface area contributed by atoms with Crippen LogP contribution in [0.3, 0.4) is 0 Å². The maximum atomic E-state index is 6.30. The fourth-order valence-electron chi connectivity index (χ4n) is 3.31. The number of halogens is 2. The van der Waals surface area contributed by atoms with Crippen LogP contribution in [0.15, 0.2) is 22.9 Å². The van der Waals surface area contributed by atoms with Crippen molar-refractivity contribution in [1.82, 2.24) is 0 Å². The molecule has 0 N–H and O–H groups in total. The number of fused-ring (bicyclic) bond motifs is 2. The van der Waals surface area contributed by atoms with E-state index in [1.807, 2.05) is 0 Å². The van der Waals surface area contributed by atoms with Crippen LogP contribution in [0.2, 0.25) is 0 Å². The van der Waals surface area contributed by atoms with Crippen molar-refractivity contribution >= 4 is 74.7 Å². The molecule has 154 valence electrons. The molecule has 0 atom stereocenters. The van der Waals surface area contributed by atoms with Crippen LogP contribution in [0.4, 0.5) is 0 Å². The van der Waals surface area contributed by atoms with Gasteiger partial charge < -0.3 is 9.47 Å². The van der Waals surface area contributed by atoms with Crippen molar-refractivity contribution in [3.05, 3.63) is 22.9 Å². The van der Waals surface area contributed by atoms with Gasteiger partial charge in [-0.3, -0.25) is 0 Å². The minimum Gasteiger partial charge on any atom is -0.491 e. The summed E-state index contributed by atoms with van der Waals surface area (Å²) in [4.78, 5) is 0. The van der Waals surface area contributed by atoms with Gasteiger partial charge in [-0.1, -0.05) is 57.5 Å². The third-order valence-corrected chi connectivity index (χ3v) is 7.73. The molecule has 6 heteroatoms. The van der Waals surface area contributed by atoms with Crippen LogP contribution in [0, 0.1) is 0 Å². The lowest BCUT2D eigenvalue weighted by Gasteiger charge is -2.14. The fourth-order valence-corrected chi connectivity index (χ4v) is 5.91. The summed E-state index contributed by atoms with van der Waals surface area (Å²) in [6.45, 7) is 1.57. The summed E-state index contributed by atoms with van der Waals surface area (Å²) in [7, 11) is 0. The summed E-state index contributed by atoms with van der Waals surface area (Å²) < 4.78 is 15.0. The molecule has 0 amide bonds. The molecule has 0 saturated heterocycles. The van der Waals surface area contributed by atoms with Crippen LogP contribution < -0.4 is 9.47 Å². The molecular weight excluding hydrogens is 520 g/mol. The minimum absolute atomic E-state index is 0.786. The first-order chi connectivity index (χ1) is 13.9. The molecule has 28 heavy (non-hydrogen) atoms. The first-order valence-corrected chi connectivity index (χ1v) is 14.1. The number of alkyl halides is 2. The van der Waals surface area contributed by atoms with Crippen molar-refractivity contribution in [2.45, 2.75) is 51.4 Å². The molecule has 0 bridgehead atoms. The summed E-state index contributed by atoms with van der Waals surface area (Å²) in [5.41, 5.74) is 0. The predicted molar refractivity (Wildman–Crippen MR) is 133 cm³/mol. The van der Waals surface area contributed by atoms with Crippen molar-refractivity contribution in [3.63, 3.8) is 0 Å². The number of rotatable bonds is 14. The molecule has 0 aliphatic heterocycles. The summed E-state index contributed by atoms with van der Waals surface area (Å²) in [6, 6.07) is 4.37. The van der Waals surface area contributed by atoms with E-state index in [2.05, 4.69) is 54.8 Å². The van der Waals surface area contributed by atoms with Crippen LogP contribution in [0.5, 0.6) is 11.5 Å². The van der Waals surface area contributed by atoms with E-state index in [1.165, 1.54) is 58.7 Å². The molecule has 3 rings (SSSR count). The number of thiophene rings is 2. The van der Waals surface area contributed by atoms with Gasteiger partial charge in [0, 0.05) is 21.4 Å². The predicted octanol–water partition coefficient (Wildman–Crippen LogP) is 8.78.